The first-order chi connectivity index (χ1) is 8.16. The molecule has 0 radical (unpaired) electrons. The number of amides is 1. The highest BCUT2D eigenvalue weighted by molar-refractivity contribution is 5.83. The quantitative estimate of drug-likeness (QED) is 0.528. The lowest BCUT2D eigenvalue weighted by Crippen LogP contribution is -2.40. The molecule has 4 nitrogen and oxygen atoms in total. The molecular weight excluding hydrogens is 218 g/mol. The van der Waals surface area contributed by atoms with Gasteiger partial charge in [0.25, 0.3) is 0 Å². The van der Waals surface area contributed by atoms with Crippen molar-refractivity contribution < 1.29 is 14.3 Å². The number of ether oxygens (including phenoxy) is 1. The van der Waals surface area contributed by atoms with Crippen LogP contribution in [0.2, 0.25) is 0 Å². The highest BCUT2D eigenvalue weighted by Gasteiger charge is 2.33. The van der Waals surface area contributed by atoms with Gasteiger partial charge in [-0.3, -0.25) is 4.79 Å². The van der Waals surface area contributed by atoms with Crippen LogP contribution in [0.15, 0.2) is 0 Å². The van der Waals surface area contributed by atoms with Crippen molar-refractivity contribution in [3.63, 3.8) is 0 Å². The van der Waals surface area contributed by atoms with Crippen molar-refractivity contribution in [3.8, 4) is 0 Å². The van der Waals surface area contributed by atoms with E-state index >= 15 is 0 Å². The molecule has 1 aliphatic rings. The van der Waals surface area contributed by atoms with Gasteiger partial charge in [0.15, 0.2) is 0 Å². The number of esters is 1. The third-order valence-electron chi connectivity index (χ3n) is 3.17. The zero-order valence-electron chi connectivity index (χ0n) is 10.9. The monoisotopic (exact) mass is 241 g/mol. The van der Waals surface area contributed by atoms with E-state index in [1.165, 1.54) is 19.8 Å². The fourth-order valence-electron chi connectivity index (χ4n) is 2.19. The molecule has 0 saturated carbocycles. The molecule has 0 spiro atoms. The van der Waals surface area contributed by atoms with Crippen LogP contribution in [-0.4, -0.2) is 36.0 Å². The number of nitrogens with zero attached hydrogens (tertiary/aromatic N) is 1. The minimum Gasteiger partial charge on any atom is -0.464 e. The van der Waals surface area contributed by atoms with Crippen molar-refractivity contribution in [3.05, 3.63) is 0 Å². The molecule has 1 saturated heterocycles. The third-order valence-corrected chi connectivity index (χ3v) is 3.17. The molecular formula is C13H23NO3. The summed E-state index contributed by atoms with van der Waals surface area (Å²) < 4.78 is 5.22. The van der Waals surface area contributed by atoms with Crippen molar-refractivity contribution >= 4 is 11.9 Å². The van der Waals surface area contributed by atoms with Crippen LogP contribution in [0.3, 0.4) is 0 Å². The SMILES string of the molecule is CCCCCCOC(=O)[C@@H]1CCCN1C(C)=O. The van der Waals surface area contributed by atoms with Gasteiger partial charge < -0.3 is 9.64 Å². The van der Waals surface area contributed by atoms with Gasteiger partial charge in [0.05, 0.1) is 6.61 Å². The van der Waals surface area contributed by atoms with E-state index in [0.29, 0.717) is 13.2 Å². The van der Waals surface area contributed by atoms with Crippen LogP contribution in [0.5, 0.6) is 0 Å². The van der Waals surface area contributed by atoms with Crippen molar-refractivity contribution in [1.82, 2.24) is 4.90 Å². The Bertz CT molecular complexity index is 265. The highest BCUT2D eigenvalue weighted by Crippen LogP contribution is 2.18. The Morgan fingerprint density at radius 2 is 2.06 bits per heavy atom. The van der Waals surface area contributed by atoms with E-state index in [1.54, 1.807) is 4.90 Å². The molecule has 4 heteroatoms. The summed E-state index contributed by atoms with van der Waals surface area (Å²) in [7, 11) is 0. The van der Waals surface area contributed by atoms with Crippen LogP contribution in [-0.2, 0) is 14.3 Å². The van der Waals surface area contributed by atoms with Gasteiger partial charge >= 0.3 is 5.97 Å². The first-order valence-corrected chi connectivity index (χ1v) is 6.60. The number of carbonyl (C=O) groups is 2. The standard InChI is InChI=1S/C13H23NO3/c1-3-4-5-6-10-17-13(16)12-8-7-9-14(12)11(2)15/h12H,3-10H2,1-2H3/t12-/m0/s1. The molecule has 0 aromatic rings. The summed E-state index contributed by atoms with van der Waals surface area (Å²) in [6.45, 7) is 4.83. The van der Waals surface area contributed by atoms with E-state index in [2.05, 4.69) is 6.92 Å². The topological polar surface area (TPSA) is 46.6 Å². The highest BCUT2D eigenvalue weighted by atomic mass is 16.5. The third kappa shape index (κ3) is 4.36. The Hall–Kier alpha value is -1.06. The van der Waals surface area contributed by atoms with E-state index in [-0.39, 0.29) is 17.9 Å². The maximum atomic E-state index is 11.8. The molecule has 0 N–H and O–H groups in total. The Morgan fingerprint density at radius 1 is 1.29 bits per heavy atom. The van der Waals surface area contributed by atoms with Crippen LogP contribution in [0.1, 0.15) is 52.4 Å². The normalized spacial score (nSPS) is 19.4. The van der Waals surface area contributed by atoms with Gasteiger partial charge in [-0.15, -0.1) is 0 Å². The molecule has 0 unspecified atom stereocenters. The molecule has 1 fully saturated rings. The van der Waals surface area contributed by atoms with Crippen LogP contribution in [0.4, 0.5) is 0 Å². The molecule has 98 valence electrons. The van der Waals surface area contributed by atoms with E-state index in [1.807, 2.05) is 0 Å². The average molecular weight is 241 g/mol. The first-order valence-electron chi connectivity index (χ1n) is 6.60. The molecule has 1 amide bonds. The zero-order valence-corrected chi connectivity index (χ0v) is 10.9. The number of likely N-dealkylation sites (tertiary alicyclic amines) is 1. The maximum Gasteiger partial charge on any atom is 0.328 e. The Kier molecular flexibility index (Phi) is 6.01. The molecule has 1 rings (SSSR count). The second kappa shape index (κ2) is 7.30. The smallest absolute Gasteiger partial charge is 0.328 e. The molecule has 0 bridgehead atoms. The molecule has 17 heavy (non-hydrogen) atoms. The molecule has 1 aliphatic heterocycles. The fourth-order valence-corrected chi connectivity index (χ4v) is 2.19. The van der Waals surface area contributed by atoms with Crippen molar-refractivity contribution in [2.45, 2.75) is 58.4 Å². The van der Waals surface area contributed by atoms with Gasteiger partial charge in [-0.25, -0.2) is 4.79 Å². The first kappa shape index (κ1) is 14.0. The maximum absolute atomic E-state index is 11.8. The summed E-state index contributed by atoms with van der Waals surface area (Å²) in [6.07, 6.45) is 6.02. The molecule has 0 aromatic heterocycles. The van der Waals surface area contributed by atoms with Gasteiger partial charge in [-0.1, -0.05) is 26.2 Å². The van der Waals surface area contributed by atoms with Gasteiger partial charge in [0.2, 0.25) is 5.91 Å². The van der Waals surface area contributed by atoms with Gasteiger partial charge in [-0.2, -0.15) is 0 Å². The van der Waals surface area contributed by atoms with Gasteiger partial charge in [0.1, 0.15) is 6.04 Å². The zero-order chi connectivity index (χ0) is 12.7. The molecule has 0 aromatic carbocycles. The number of unbranched alkanes of at least 4 members (excludes halogenated alkanes) is 3. The number of hydrogen-bond donors (Lipinski definition) is 0. The molecule has 1 heterocycles. The summed E-state index contributed by atoms with van der Waals surface area (Å²) in [5, 5.41) is 0. The van der Waals surface area contributed by atoms with E-state index in [4.69, 9.17) is 4.74 Å². The minimum absolute atomic E-state index is 0.0320. The van der Waals surface area contributed by atoms with Crippen LogP contribution in [0, 0.1) is 0 Å². The summed E-state index contributed by atoms with van der Waals surface area (Å²) >= 11 is 0. The van der Waals surface area contributed by atoms with Gasteiger partial charge in [-0.05, 0) is 19.3 Å². The second-order valence-electron chi connectivity index (χ2n) is 4.60. The lowest BCUT2D eigenvalue weighted by molar-refractivity contribution is -0.153. The van der Waals surface area contributed by atoms with Gasteiger partial charge in [0, 0.05) is 13.5 Å². The Morgan fingerprint density at radius 3 is 2.71 bits per heavy atom. The lowest BCUT2D eigenvalue weighted by atomic mass is 10.2. The average Bonchev–Trinajstić information content (AvgIpc) is 2.77. The predicted octanol–water partition coefficient (Wildman–Crippen LogP) is 2.12. The summed E-state index contributed by atoms with van der Waals surface area (Å²) in [5.41, 5.74) is 0. The number of hydrogen-bond acceptors (Lipinski definition) is 3. The molecule has 1 atom stereocenters. The van der Waals surface area contributed by atoms with Crippen LogP contribution < -0.4 is 0 Å². The summed E-state index contributed by atoms with van der Waals surface area (Å²) in [4.78, 5) is 24.7. The minimum atomic E-state index is -0.335. The van der Waals surface area contributed by atoms with E-state index < -0.39 is 0 Å². The number of rotatable bonds is 6. The second-order valence-corrected chi connectivity index (χ2v) is 4.60. The largest absolute Gasteiger partial charge is 0.464 e. The molecule has 0 aliphatic carbocycles. The Labute approximate surface area is 103 Å². The van der Waals surface area contributed by atoms with Crippen molar-refractivity contribution in [2.24, 2.45) is 0 Å². The lowest BCUT2D eigenvalue weighted by Gasteiger charge is -2.21. The predicted molar refractivity (Wildman–Crippen MR) is 65.5 cm³/mol. The van der Waals surface area contributed by atoms with E-state index in [0.717, 1.165) is 25.7 Å². The van der Waals surface area contributed by atoms with Crippen molar-refractivity contribution in [1.29, 1.82) is 0 Å². The summed E-state index contributed by atoms with van der Waals surface area (Å²) in [5.74, 6) is -0.260. The van der Waals surface area contributed by atoms with Crippen LogP contribution in [0.25, 0.3) is 0 Å². The van der Waals surface area contributed by atoms with Crippen LogP contribution >= 0.6 is 0 Å². The summed E-state index contributed by atoms with van der Waals surface area (Å²) in [6, 6.07) is -0.335. The fraction of sp³-hybridized carbons (Fsp3) is 0.846. The Balaban J connectivity index is 2.25. The number of carbonyl (C=O) groups excluding carboxylic acids is 2. The van der Waals surface area contributed by atoms with Crippen molar-refractivity contribution in [2.75, 3.05) is 13.2 Å². The van der Waals surface area contributed by atoms with E-state index in [9.17, 15) is 9.59 Å².